The monoisotopic (exact) mass is 290 g/mol. The van der Waals surface area contributed by atoms with E-state index in [-0.39, 0.29) is 0 Å². The van der Waals surface area contributed by atoms with Crippen LogP contribution in [-0.2, 0) is 17.6 Å². The molecule has 0 saturated heterocycles. The van der Waals surface area contributed by atoms with Crippen molar-refractivity contribution < 1.29 is 9.47 Å². The van der Waals surface area contributed by atoms with E-state index in [1.165, 1.54) is 22.4 Å². The molecule has 0 amide bonds. The van der Waals surface area contributed by atoms with Crippen molar-refractivity contribution in [3.8, 4) is 5.75 Å². The summed E-state index contributed by atoms with van der Waals surface area (Å²) in [6, 6.07) is 2.28. The SMILES string of the molecule is CCOCCN1CCOc2cc3c(c(C)c21)CCNCC3. The van der Waals surface area contributed by atoms with Gasteiger partial charge in [0.2, 0.25) is 0 Å². The molecule has 4 heteroatoms. The minimum Gasteiger partial charge on any atom is -0.490 e. The first-order valence-electron chi connectivity index (χ1n) is 8.12. The van der Waals surface area contributed by atoms with Crippen LogP contribution in [0.1, 0.15) is 23.6 Å². The molecule has 0 aromatic heterocycles. The lowest BCUT2D eigenvalue weighted by molar-refractivity contribution is 0.152. The molecule has 1 aromatic rings. The largest absolute Gasteiger partial charge is 0.490 e. The number of ether oxygens (including phenoxy) is 2. The van der Waals surface area contributed by atoms with E-state index >= 15 is 0 Å². The van der Waals surface area contributed by atoms with E-state index in [4.69, 9.17) is 9.47 Å². The zero-order valence-electron chi connectivity index (χ0n) is 13.2. The molecule has 4 nitrogen and oxygen atoms in total. The second kappa shape index (κ2) is 6.67. The normalized spacial score (nSPS) is 17.7. The zero-order valence-corrected chi connectivity index (χ0v) is 13.2. The van der Waals surface area contributed by atoms with Gasteiger partial charge in [0.05, 0.1) is 18.8 Å². The third-order valence-electron chi connectivity index (χ3n) is 4.50. The van der Waals surface area contributed by atoms with Gasteiger partial charge in [0.15, 0.2) is 0 Å². The lowest BCUT2D eigenvalue weighted by Crippen LogP contribution is -2.36. The smallest absolute Gasteiger partial charge is 0.143 e. The average Bonchev–Trinajstić information content (AvgIpc) is 2.73. The maximum Gasteiger partial charge on any atom is 0.143 e. The Morgan fingerprint density at radius 3 is 3.05 bits per heavy atom. The Hall–Kier alpha value is -1.26. The molecule has 0 fully saturated rings. The van der Waals surface area contributed by atoms with E-state index in [2.05, 4.69) is 23.2 Å². The van der Waals surface area contributed by atoms with Crippen LogP contribution in [0.3, 0.4) is 0 Å². The van der Waals surface area contributed by atoms with E-state index in [1.54, 1.807) is 0 Å². The van der Waals surface area contributed by atoms with Crippen LogP contribution in [0.2, 0.25) is 0 Å². The summed E-state index contributed by atoms with van der Waals surface area (Å²) in [6.07, 6.45) is 2.22. The number of nitrogens with zero attached hydrogens (tertiary/aromatic N) is 1. The highest BCUT2D eigenvalue weighted by Crippen LogP contribution is 2.39. The highest BCUT2D eigenvalue weighted by molar-refractivity contribution is 5.69. The summed E-state index contributed by atoms with van der Waals surface area (Å²) in [5.41, 5.74) is 5.68. The molecular weight excluding hydrogens is 264 g/mol. The molecule has 21 heavy (non-hydrogen) atoms. The zero-order chi connectivity index (χ0) is 14.7. The van der Waals surface area contributed by atoms with Crippen LogP contribution in [-0.4, -0.2) is 46.0 Å². The molecule has 0 atom stereocenters. The van der Waals surface area contributed by atoms with Gasteiger partial charge in [-0.1, -0.05) is 0 Å². The second-order valence-electron chi connectivity index (χ2n) is 5.77. The Labute approximate surface area is 127 Å². The molecule has 3 rings (SSSR count). The van der Waals surface area contributed by atoms with Crippen LogP contribution >= 0.6 is 0 Å². The molecule has 0 bridgehead atoms. The molecule has 0 spiro atoms. The van der Waals surface area contributed by atoms with Gasteiger partial charge in [-0.25, -0.2) is 0 Å². The maximum absolute atomic E-state index is 5.94. The van der Waals surface area contributed by atoms with Gasteiger partial charge < -0.3 is 19.7 Å². The summed E-state index contributed by atoms with van der Waals surface area (Å²) in [5.74, 6) is 1.07. The number of hydrogen-bond donors (Lipinski definition) is 1. The summed E-state index contributed by atoms with van der Waals surface area (Å²) in [6.45, 7) is 10.7. The van der Waals surface area contributed by atoms with Gasteiger partial charge >= 0.3 is 0 Å². The minimum atomic E-state index is 0.773. The van der Waals surface area contributed by atoms with Crippen LogP contribution < -0.4 is 15.0 Å². The van der Waals surface area contributed by atoms with Gasteiger partial charge in [-0.3, -0.25) is 0 Å². The van der Waals surface area contributed by atoms with Crippen molar-refractivity contribution in [2.75, 3.05) is 50.9 Å². The first-order chi connectivity index (χ1) is 10.3. The fourth-order valence-corrected chi connectivity index (χ4v) is 3.44. The summed E-state index contributed by atoms with van der Waals surface area (Å²) in [4.78, 5) is 2.43. The predicted octanol–water partition coefficient (Wildman–Crippen LogP) is 1.92. The van der Waals surface area contributed by atoms with E-state index in [0.717, 1.165) is 64.6 Å². The van der Waals surface area contributed by atoms with Gasteiger partial charge in [-0.2, -0.15) is 0 Å². The molecule has 1 aromatic carbocycles. The van der Waals surface area contributed by atoms with Crippen molar-refractivity contribution in [1.29, 1.82) is 0 Å². The Balaban J connectivity index is 1.92. The van der Waals surface area contributed by atoms with Crippen LogP contribution in [0.4, 0.5) is 5.69 Å². The third kappa shape index (κ3) is 3.01. The Morgan fingerprint density at radius 1 is 1.33 bits per heavy atom. The Bertz CT molecular complexity index is 502. The van der Waals surface area contributed by atoms with Crippen LogP contribution in [0.5, 0.6) is 5.75 Å². The molecule has 0 saturated carbocycles. The van der Waals surface area contributed by atoms with Crippen molar-refractivity contribution in [2.45, 2.75) is 26.7 Å². The number of fused-ring (bicyclic) bond motifs is 2. The lowest BCUT2D eigenvalue weighted by Gasteiger charge is -2.34. The van der Waals surface area contributed by atoms with Gasteiger partial charge in [0, 0.05) is 13.2 Å². The van der Waals surface area contributed by atoms with Crippen molar-refractivity contribution >= 4 is 5.69 Å². The number of rotatable bonds is 4. The van der Waals surface area contributed by atoms with E-state index < -0.39 is 0 Å². The van der Waals surface area contributed by atoms with Crippen LogP contribution in [0, 0.1) is 6.92 Å². The second-order valence-corrected chi connectivity index (χ2v) is 5.77. The molecule has 2 aliphatic heterocycles. The highest BCUT2D eigenvalue weighted by Gasteiger charge is 2.24. The van der Waals surface area contributed by atoms with Crippen molar-refractivity contribution in [1.82, 2.24) is 5.32 Å². The van der Waals surface area contributed by atoms with Crippen LogP contribution in [0.25, 0.3) is 0 Å². The van der Waals surface area contributed by atoms with Gasteiger partial charge in [0.25, 0.3) is 0 Å². The van der Waals surface area contributed by atoms with Crippen LogP contribution in [0.15, 0.2) is 6.07 Å². The molecule has 1 N–H and O–H groups in total. The predicted molar refractivity (Wildman–Crippen MR) is 85.7 cm³/mol. The number of benzene rings is 1. The number of anilines is 1. The lowest BCUT2D eigenvalue weighted by atomic mass is 9.94. The molecular formula is C17H26N2O2. The fraction of sp³-hybridized carbons (Fsp3) is 0.647. The molecule has 116 valence electrons. The highest BCUT2D eigenvalue weighted by atomic mass is 16.5. The van der Waals surface area contributed by atoms with Gasteiger partial charge in [-0.15, -0.1) is 0 Å². The first kappa shape index (κ1) is 14.7. The summed E-state index contributed by atoms with van der Waals surface area (Å²) in [7, 11) is 0. The molecule has 0 radical (unpaired) electrons. The minimum absolute atomic E-state index is 0.773. The number of hydrogen-bond acceptors (Lipinski definition) is 4. The Kier molecular flexibility index (Phi) is 4.66. The van der Waals surface area contributed by atoms with Crippen molar-refractivity contribution in [3.05, 3.63) is 22.8 Å². The fourth-order valence-electron chi connectivity index (χ4n) is 3.44. The molecule has 2 heterocycles. The van der Waals surface area contributed by atoms with Gasteiger partial charge in [-0.05, 0) is 62.5 Å². The quantitative estimate of drug-likeness (QED) is 0.859. The number of nitrogens with one attached hydrogen (secondary N) is 1. The average molecular weight is 290 g/mol. The first-order valence-corrected chi connectivity index (χ1v) is 8.12. The summed E-state index contributed by atoms with van der Waals surface area (Å²) < 4.78 is 11.5. The van der Waals surface area contributed by atoms with E-state index in [0.29, 0.717) is 0 Å². The topological polar surface area (TPSA) is 33.7 Å². The van der Waals surface area contributed by atoms with E-state index in [1.807, 2.05) is 6.92 Å². The molecule has 2 aliphatic rings. The Morgan fingerprint density at radius 2 is 2.19 bits per heavy atom. The maximum atomic E-state index is 5.94. The summed E-state index contributed by atoms with van der Waals surface area (Å²) in [5, 5.41) is 3.49. The molecule has 0 unspecified atom stereocenters. The van der Waals surface area contributed by atoms with Gasteiger partial charge in [0.1, 0.15) is 12.4 Å². The van der Waals surface area contributed by atoms with Crippen molar-refractivity contribution in [2.24, 2.45) is 0 Å². The standard InChI is InChI=1S/C17H26N2O2/c1-3-20-10-8-19-9-11-21-16-12-14-4-6-18-7-5-15(14)13(2)17(16)19/h12,18H,3-11H2,1-2H3. The molecule has 0 aliphatic carbocycles. The van der Waals surface area contributed by atoms with E-state index in [9.17, 15) is 0 Å². The van der Waals surface area contributed by atoms with Crippen molar-refractivity contribution in [3.63, 3.8) is 0 Å². The summed E-state index contributed by atoms with van der Waals surface area (Å²) >= 11 is 0. The third-order valence-corrected chi connectivity index (χ3v) is 4.50.